The molecular weight excluding hydrogens is 418 g/mol. The molecule has 0 radical (unpaired) electrons. The number of hydrogen-bond donors (Lipinski definition) is 1. The molecule has 1 N–H and O–H groups in total. The number of carbonyl (C=O) groups excluding carboxylic acids is 1. The number of halogens is 1. The SMILES string of the molecule is CS(=O)(=O)c1ccc(CNC(=O)c2cccc(C#CCc3cccc(Cl)c3)c2)cc1. The third-order valence-electron chi connectivity index (χ3n) is 4.34. The molecular formula is C24H20ClNO3S. The summed E-state index contributed by atoms with van der Waals surface area (Å²) in [5.74, 6) is 5.95. The van der Waals surface area contributed by atoms with Crippen LogP contribution in [0.3, 0.4) is 0 Å². The average molecular weight is 438 g/mol. The number of nitrogens with one attached hydrogen (secondary N) is 1. The molecule has 0 heterocycles. The van der Waals surface area contributed by atoms with E-state index in [9.17, 15) is 13.2 Å². The first-order valence-corrected chi connectivity index (χ1v) is 11.5. The Morgan fingerprint density at radius 1 is 0.967 bits per heavy atom. The lowest BCUT2D eigenvalue weighted by atomic mass is 10.1. The third-order valence-corrected chi connectivity index (χ3v) is 5.71. The number of rotatable bonds is 5. The van der Waals surface area contributed by atoms with E-state index in [0.29, 0.717) is 23.6 Å². The minimum Gasteiger partial charge on any atom is -0.348 e. The van der Waals surface area contributed by atoms with E-state index in [2.05, 4.69) is 17.2 Å². The van der Waals surface area contributed by atoms with Crippen molar-refractivity contribution >= 4 is 27.3 Å². The predicted octanol–water partition coefficient (Wildman–Crippen LogP) is 4.27. The van der Waals surface area contributed by atoms with Gasteiger partial charge >= 0.3 is 0 Å². The summed E-state index contributed by atoms with van der Waals surface area (Å²) < 4.78 is 23.0. The third kappa shape index (κ3) is 6.21. The van der Waals surface area contributed by atoms with Crippen LogP contribution in [0.1, 0.15) is 27.0 Å². The smallest absolute Gasteiger partial charge is 0.251 e. The summed E-state index contributed by atoms with van der Waals surface area (Å²) in [4.78, 5) is 12.7. The van der Waals surface area contributed by atoms with Gasteiger partial charge in [0.25, 0.3) is 5.91 Å². The number of hydrogen-bond acceptors (Lipinski definition) is 3. The summed E-state index contributed by atoms with van der Waals surface area (Å²) in [5.41, 5.74) is 3.11. The van der Waals surface area contributed by atoms with Gasteiger partial charge in [0.15, 0.2) is 9.84 Å². The standard InChI is InChI=1S/C24H20ClNO3S/c1-30(28,29)23-13-11-20(12-14-23)17-26-24(27)21-9-3-7-18(15-21)5-2-6-19-8-4-10-22(25)16-19/h3-4,7-16H,6,17H2,1H3,(H,26,27). The minimum absolute atomic E-state index is 0.222. The molecule has 0 atom stereocenters. The number of benzene rings is 3. The second-order valence-corrected chi connectivity index (χ2v) is 9.24. The van der Waals surface area contributed by atoms with E-state index in [4.69, 9.17) is 11.6 Å². The summed E-state index contributed by atoms with van der Waals surface area (Å²) in [6.45, 7) is 0.299. The molecule has 0 unspecified atom stereocenters. The fraction of sp³-hybridized carbons (Fsp3) is 0.125. The number of carbonyl (C=O) groups is 1. The molecule has 6 heteroatoms. The van der Waals surface area contributed by atoms with Crippen LogP contribution in [0.15, 0.2) is 77.7 Å². The highest BCUT2D eigenvalue weighted by molar-refractivity contribution is 7.90. The molecule has 0 aliphatic rings. The summed E-state index contributed by atoms with van der Waals surface area (Å²) in [7, 11) is -3.23. The van der Waals surface area contributed by atoms with Crippen LogP contribution in [0, 0.1) is 11.8 Å². The van der Waals surface area contributed by atoms with Crippen molar-refractivity contribution in [1.82, 2.24) is 5.32 Å². The molecule has 152 valence electrons. The average Bonchev–Trinajstić information content (AvgIpc) is 2.72. The Balaban J connectivity index is 1.61. The summed E-state index contributed by atoms with van der Waals surface area (Å²) in [6, 6.07) is 21.1. The molecule has 3 aromatic rings. The highest BCUT2D eigenvalue weighted by Gasteiger charge is 2.08. The zero-order chi connectivity index (χ0) is 21.6. The first-order valence-electron chi connectivity index (χ1n) is 9.22. The molecule has 0 bridgehead atoms. The van der Waals surface area contributed by atoms with Gasteiger partial charge in [-0.15, -0.1) is 0 Å². The lowest BCUT2D eigenvalue weighted by Gasteiger charge is -2.07. The van der Waals surface area contributed by atoms with E-state index in [0.717, 1.165) is 22.9 Å². The van der Waals surface area contributed by atoms with Crippen molar-refractivity contribution in [3.05, 3.63) is 100 Å². The highest BCUT2D eigenvalue weighted by Crippen LogP contribution is 2.12. The number of amides is 1. The highest BCUT2D eigenvalue weighted by atomic mass is 35.5. The second-order valence-electron chi connectivity index (χ2n) is 6.79. The van der Waals surface area contributed by atoms with Crippen LogP contribution in [0.2, 0.25) is 5.02 Å². The van der Waals surface area contributed by atoms with Gasteiger partial charge in [0.05, 0.1) is 4.90 Å². The van der Waals surface area contributed by atoms with Crippen molar-refractivity contribution in [2.75, 3.05) is 6.26 Å². The topological polar surface area (TPSA) is 63.2 Å². The van der Waals surface area contributed by atoms with Gasteiger partial charge < -0.3 is 5.32 Å². The second kappa shape index (κ2) is 9.62. The molecule has 0 aliphatic heterocycles. The van der Waals surface area contributed by atoms with Crippen molar-refractivity contribution < 1.29 is 13.2 Å². The fourth-order valence-corrected chi connectivity index (χ4v) is 3.62. The minimum atomic E-state index is -3.23. The first-order chi connectivity index (χ1) is 14.3. The van der Waals surface area contributed by atoms with Crippen LogP contribution in [0.25, 0.3) is 0 Å². The van der Waals surface area contributed by atoms with Gasteiger partial charge in [-0.25, -0.2) is 8.42 Å². The Labute approximate surface area is 181 Å². The molecule has 0 saturated carbocycles. The summed E-state index contributed by atoms with van der Waals surface area (Å²) >= 11 is 5.98. The largest absolute Gasteiger partial charge is 0.348 e. The zero-order valence-corrected chi connectivity index (χ0v) is 17.9. The van der Waals surface area contributed by atoms with Gasteiger partial charge in [0.1, 0.15) is 0 Å². The summed E-state index contributed by atoms with van der Waals surface area (Å²) in [6.07, 6.45) is 1.73. The normalized spacial score (nSPS) is 10.7. The van der Waals surface area contributed by atoms with Crippen LogP contribution in [-0.2, 0) is 22.8 Å². The molecule has 30 heavy (non-hydrogen) atoms. The Morgan fingerprint density at radius 3 is 2.40 bits per heavy atom. The zero-order valence-electron chi connectivity index (χ0n) is 16.4. The quantitative estimate of drug-likeness (QED) is 0.606. The van der Waals surface area contributed by atoms with Crippen LogP contribution >= 0.6 is 11.6 Å². The van der Waals surface area contributed by atoms with Gasteiger partial charge in [-0.3, -0.25) is 4.79 Å². The van der Waals surface area contributed by atoms with Crippen LogP contribution in [0.4, 0.5) is 0 Å². The Kier molecular flexibility index (Phi) is 6.94. The van der Waals surface area contributed by atoms with Crippen LogP contribution < -0.4 is 5.32 Å². The van der Waals surface area contributed by atoms with E-state index >= 15 is 0 Å². The molecule has 0 aliphatic carbocycles. The first kappa shape index (κ1) is 21.6. The van der Waals surface area contributed by atoms with Crippen LogP contribution in [0.5, 0.6) is 0 Å². The molecule has 0 spiro atoms. The molecule has 4 nitrogen and oxygen atoms in total. The monoisotopic (exact) mass is 437 g/mol. The van der Waals surface area contributed by atoms with E-state index in [1.54, 1.807) is 30.3 Å². The molecule has 0 fully saturated rings. The van der Waals surface area contributed by atoms with E-state index in [1.165, 1.54) is 12.1 Å². The van der Waals surface area contributed by atoms with Crippen molar-refractivity contribution in [2.24, 2.45) is 0 Å². The Bertz CT molecular complexity index is 1220. The van der Waals surface area contributed by atoms with Crippen molar-refractivity contribution in [3.8, 4) is 11.8 Å². The van der Waals surface area contributed by atoms with Crippen molar-refractivity contribution in [3.63, 3.8) is 0 Å². The fourth-order valence-electron chi connectivity index (χ4n) is 2.77. The van der Waals surface area contributed by atoms with Gasteiger partial charge in [0, 0.05) is 35.4 Å². The predicted molar refractivity (Wildman–Crippen MR) is 119 cm³/mol. The maximum absolute atomic E-state index is 12.5. The van der Waals surface area contributed by atoms with E-state index in [1.807, 2.05) is 30.3 Å². The van der Waals surface area contributed by atoms with Gasteiger partial charge in [-0.2, -0.15) is 0 Å². The maximum Gasteiger partial charge on any atom is 0.251 e. The summed E-state index contributed by atoms with van der Waals surface area (Å²) in [5, 5.41) is 3.52. The molecule has 3 aromatic carbocycles. The van der Waals surface area contributed by atoms with Gasteiger partial charge in [0.2, 0.25) is 0 Å². The van der Waals surface area contributed by atoms with Gasteiger partial charge in [-0.1, -0.05) is 53.8 Å². The Morgan fingerprint density at radius 2 is 1.70 bits per heavy atom. The van der Waals surface area contributed by atoms with Crippen LogP contribution in [-0.4, -0.2) is 20.6 Å². The molecule has 3 rings (SSSR count). The van der Waals surface area contributed by atoms with Gasteiger partial charge in [-0.05, 0) is 53.6 Å². The maximum atomic E-state index is 12.5. The molecule has 0 aromatic heterocycles. The Hall–Kier alpha value is -3.07. The van der Waals surface area contributed by atoms with E-state index < -0.39 is 9.84 Å². The molecule has 0 saturated heterocycles. The van der Waals surface area contributed by atoms with E-state index in [-0.39, 0.29) is 10.8 Å². The van der Waals surface area contributed by atoms with Crippen molar-refractivity contribution in [2.45, 2.75) is 17.9 Å². The lowest BCUT2D eigenvalue weighted by Crippen LogP contribution is -2.22. The van der Waals surface area contributed by atoms with Crippen molar-refractivity contribution in [1.29, 1.82) is 0 Å². The lowest BCUT2D eigenvalue weighted by molar-refractivity contribution is 0.0951. The molecule has 1 amide bonds. The number of sulfone groups is 1.